The van der Waals surface area contributed by atoms with E-state index in [0.717, 1.165) is 19.7 Å². The molecule has 0 aromatic heterocycles. The van der Waals surface area contributed by atoms with Gasteiger partial charge in [0.15, 0.2) is 0 Å². The summed E-state index contributed by atoms with van der Waals surface area (Å²) >= 11 is 0. The summed E-state index contributed by atoms with van der Waals surface area (Å²) in [6, 6.07) is 8.61. The van der Waals surface area contributed by atoms with E-state index in [1.165, 1.54) is 11.1 Å². The number of nitrogens with zero attached hydrogens (tertiary/aromatic N) is 1. The maximum Gasteiger partial charge on any atom is 0.136 e. The largest absolute Gasteiger partial charge is 0.358 e. The summed E-state index contributed by atoms with van der Waals surface area (Å²) in [4.78, 5) is 2.35. The summed E-state index contributed by atoms with van der Waals surface area (Å²) in [5, 5.41) is 0. The lowest BCUT2D eigenvalue weighted by molar-refractivity contribution is 0.0353. The molecule has 1 aliphatic heterocycles. The van der Waals surface area contributed by atoms with E-state index >= 15 is 0 Å². The van der Waals surface area contributed by atoms with Crippen LogP contribution in [0, 0.1) is 6.92 Å². The molecule has 76 valence electrons. The first-order chi connectivity index (χ1) is 6.81. The van der Waals surface area contributed by atoms with E-state index < -0.39 is 0 Å². The van der Waals surface area contributed by atoms with Crippen LogP contribution in [0.5, 0.6) is 0 Å². The number of ether oxygens (including phenoxy) is 1. The Hall–Kier alpha value is -0.860. The van der Waals surface area contributed by atoms with Gasteiger partial charge >= 0.3 is 0 Å². The lowest BCUT2D eigenvalue weighted by atomic mass is 10.1. The zero-order valence-electron chi connectivity index (χ0n) is 8.86. The molecular weight excluding hydrogens is 174 g/mol. The molecule has 14 heavy (non-hydrogen) atoms. The van der Waals surface area contributed by atoms with Gasteiger partial charge in [-0.2, -0.15) is 0 Å². The van der Waals surface area contributed by atoms with Crippen LogP contribution in [0.4, 0.5) is 0 Å². The van der Waals surface area contributed by atoms with Crippen LogP contribution in [0.3, 0.4) is 0 Å². The number of aryl methyl sites for hydroxylation is 1. The minimum Gasteiger partial charge on any atom is -0.358 e. The van der Waals surface area contributed by atoms with Gasteiger partial charge in [-0.25, -0.2) is 0 Å². The predicted molar refractivity (Wildman–Crippen MR) is 57.1 cm³/mol. The summed E-state index contributed by atoms with van der Waals surface area (Å²) in [7, 11) is 0. The molecular formula is C12H17NO. The number of hydrogen-bond donors (Lipinski definition) is 0. The second-order valence-corrected chi connectivity index (χ2v) is 3.76. The molecule has 0 bridgehead atoms. The minimum atomic E-state index is 0.181. The van der Waals surface area contributed by atoms with Crippen LogP contribution in [-0.2, 0) is 4.74 Å². The van der Waals surface area contributed by atoms with Crippen molar-refractivity contribution in [2.75, 3.05) is 19.7 Å². The van der Waals surface area contributed by atoms with Gasteiger partial charge in [-0.3, -0.25) is 4.90 Å². The summed E-state index contributed by atoms with van der Waals surface area (Å²) < 4.78 is 5.71. The van der Waals surface area contributed by atoms with E-state index in [1.54, 1.807) is 0 Å². The number of likely N-dealkylation sites (N-methyl/N-ethyl adjacent to an activating group) is 1. The highest BCUT2D eigenvalue weighted by molar-refractivity contribution is 5.23. The molecule has 2 nitrogen and oxygen atoms in total. The smallest absolute Gasteiger partial charge is 0.136 e. The van der Waals surface area contributed by atoms with Gasteiger partial charge in [0, 0.05) is 6.54 Å². The van der Waals surface area contributed by atoms with E-state index in [1.807, 2.05) is 0 Å². The van der Waals surface area contributed by atoms with Crippen molar-refractivity contribution in [3.63, 3.8) is 0 Å². The Morgan fingerprint density at radius 3 is 2.71 bits per heavy atom. The molecule has 0 amide bonds. The lowest BCUT2D eigenvalue weighted by Gasteiger charge is -2.21. The number of rotatable bonds is 2. The van der Waals surface area contributed by atoms with E-state index in [0.29, 0.717) is 0 Å². The SMILES string of the molecule is CCN1CCOC1c1ccc(C)cc1. The van der Waals surface area contributed by atoms with Crippen LogP contribution in [-0.4, -0.2) is 24.6 Å². The number of hydrogen-bond acceptors (Lipinski definition) is 2. The topological polar surface area (TPSA) is 12.5 Å². The molecule has 2 rings (SSSR count). The predicted octanol–water partition coefficient (Wildman–Crippen LogP) is 2.35. The maximum absolute atomic E-state index is 5.71. The van der Waals surface area contributed by atoms with Crippen molar-refractivity contribution in [3.05, 3.63) is 35.4 Å². The van der Waals surface area contributed by atoms with Crippen LogP contribution in [0.2, 0.25) is 0 Å². The average Bonchev–Trinajstić information content (AvgIpc) is 2.67. The minimum absolute atomic E-state index is 0.181. The molecule has 2 heteroatoms. The summed E-state index contributed by atoms with van der Waals surface area (Å²) in [5.41, 5.74) is 2.57. The molecule has 0 spiro atoms. The van der Waals surface area contributed by atoms with E-state index in [-0.39, 0.29) is 6.23 Å². The van der Waals surface area contributed by atoms with Crippen LogP contribution >= 0.6 is 0 Å². The zero-order chi connectivity index (χ0) is 9.97. The van der Waals surface area contributed by atoms with Crippen LogP contribution in [0.15, 0.2) is 24.3 Å². The van der Waals surface area contributed by atoms with E-state index in [2.05, 4.69) is 43.0 Å². The standard InChI is InChI=1S/C12H17NO/c1-3-13-8-9-14-12(13)11-6-4-10(2)5-7-11/h4-7,12H,3,8-9H2,1-2H3. The Bertz CT molecular complexity index is 294. The summed E-state index contributed by atoms with van der Waals surface area (Å²) in [6.07, 6.45) is 0.181. The van der Waals surface area contributed by atoms with Crippen molar-refractivity contribution in [3.8, 4) is 0 Å². The molecule has 1 aliphatic rings. The molecule has 1 fully saturated rings. The van der Waals surface area contributed by atoms with E-state index in [9.17, 15) is 0 Å². The normalized spacial score (nSPS) is 22.9. The average molecular weight is 191 g/mol. The van der Waals surface area contributed by atoms with Gasteiger partial charge in [-0.05, 0) is 19.0 Å². The van der Waals surface area contributed by atoms with E-state index in [4.69, 9.17) is 4.74 Å². The van der Waals surface area contributed by atoms with Crippen LogP contribution < -0.4 is 0 Å². The zero-order valence-corrected chi connectivity index (χ0v) is 8.86. The highest BCUT2D eigenvalue weighted by atomic mass is 16.5. The summed E-state index contributed by atoms with van der Waals surface area (Å²) in [6.45, 7) is 7.24. The van der Waals surface area contributed by atoms with Crippen molar-refractivity contribution >= 4 is 0 Å². The molecule has 1 aromatic rings. The number of benzene rings is 1. The monoisotopic (exact) mass is 191 g/mol. The van der Waals surface area contributed by atoms with Crippen LogP contribution in [0.1, 0.15) is 24.3 Å². The molecule has 0 radical (unpaired) electrons. The molecule has 1 saturated heterocycles. The third-order valence-corrected chi connectivity index (χ3v) is 2.75. The highest BCUT2D eigenvalue weighted by Crippen LogP contribution is 2.26. The first-order valence-corrected chi connectivity index (χ1v) is 5.23. The molecule has 1 unspecified atom stereocenters. The highest BCUT2D eigenvalue weighted by Gasteiger charge is 2.24. The fraction of sp³-hybridized carbons (Fsp3) is 0.500. The fourth-order valence-corrected chi connectivity index (χ4v) is 1.87. The van der Waals surface area contributed by atoms with Gasteiger partial charge in [-0.1, -0.05) is 36.8 Å². The van der Waals surface area contributed by atoms with Gasteiger partial charge in [-0.15, -0.1) is 0 Å². The van der Waals surface area contributed by atoms with Crippen molar-refractivity contribution < 1.29 is 4.74 Å². The van der Waals surface area contributed by atoms with Gasteiger partial charge in [0.1, 0.15) is 6.23 Å². The second kappa shape index (κ2) is 4.11. The molecule has 0 saturated carbocycles. The van der Waals surface area contributed by atoms with Crippen LogP contribution in [0.25, 0.3) is 0 Å². The van der Waals surface area contributed by atoms with Gasteiger partial charge < -0.3 is 4.74 Å². The van der Waals surface area contributed by atoms with Crippen molar-refractivity contribution in [2.24, 2.45) is 0 Å². The molecule has 0 aliphatic carbocycles. The lowest BCUT2D eigenvalue weighted by Crippen LogP contribution is -2.23. The molecule has 1 heterocycles. The Kier molecular flexibility index (Phi) is 2.85. The third-order valence-electron chi connectivity index (χ3n) is 2.75. The third kappa shape index (κ3) is 1.81. The Labute approximate surface area is 85.5 Å². The molecule has 1 atom stereocenters. The Morgan fingerprint density at radius 2 is 2.07 bits per heavy atom. The van der Waals surface area contributed by atoms with Gasteiger partial charge in [0.2, 0.25) is 0 Å². The Balaban J connectivity index is 2.17. The first-order valence-electron chi connectivity index (χ1n) is 5.23. The second-order valence-electron chi connectivity index (χ2n) is 3.76. The molecule has 0 N–H and O–H groups in total. The van der Waals surface area contributed by atoms with Crippen molar-refractivity contribution in [2.45, 2.75) is 20.1 Å². The first kappa shape index (κ1) is 9.69. The Morgan fingerprint density at radius 1 is 1.36 bits per heavy atom. The molecule has 1 aromatic carbocycles. The van der Waals surface area contributed by atoms with Crippen molar-refractivity contribution in [1.29, 1.82) is 0 Å². The van der Waals surface area contributed by atoms with Gasteiger partial charge in [0.25, 0.3) is 0 Å². The van der Waals surface area contributed by atoms with Gasteiger partial charge in [0.05, 0.1) is 6.61 Å². The van der Waals surface area contributed by atoms with Crippen molar-refractivity contribution in [1.82, 2.24) is 4.90 Å². The fourth-order valence-electron chi connectivity index (χ4n) is 1.87. The maximum atomic E-state index is 5.71. The quantitative estimate of drug-likeness (QED) is 0.711. The summed E-state index contributed by atoms with van der Waals surface area (Å²) in [5.74, 6) is 0.